The second-order valence-electron chi connectivity index (χ2n) is 8.28. The number of nitrogens with zero attached hydrogens (tertiary/aromatic N) is 3. The van der Waals surface area contributed by atoms with Crippen molar-refractivity contribution in [2.24, 2.45) is 5.73 Å². The third-order valence-corrected chi connectivity index (χ3v) is 6.42. The number of nitrogens with two attached hydrogens (primary N) is 1. The number of aliphatic hydroxyl groups is 1. The van der Waals surface area contributed by atoms with E-state index >= 15 is 0 Å². The van der Waals surface area contributed by atoms with E-state index < -0.39 is 5.91 Å². The van der Waals surface area contributed by atoms with Crippen LogP contribution in [-0.2, 0) is 6.61 Å². The molecule has 2 amide bonds. The SMILES string of the molecule is NC(=O)c1cnc2nc[nH]c2c1NC1C[C@H]2CC[C@@H](C1)N2C(=O)c1ccc(CO)cc1. The Labute approximate surface area is 178 Å². The van der Waals surface area contributed by atoms with Crippen LogP contribution < -0.4 is 11.1 Å². The molecule has 3 atom stereocenters. The van der Waals surface area contributed by atoms with Gasteiger partial charge in [-0.1, -0.05) is 12.1 Å². The van der Waals surface area contributed by atoms with Crippen LogP contribution in [0.1, 0.15) is 52.0 Å². The first-order valence-electron chi connectivity index (χ1n) is 10.5. The maximum Gasteiger partial charge on any atom is 0.254 e. The van der Waals surface area contributed by atoms with Gasteiger partial charge in [0.05, 0.1) is 24.2 Å². The number of aliphatic hydroxyl groups excluding tert-OH is 1. The number of hydrogen-bond acceptors (Lipinski definition) is 6. The minimum absolute atomic E-state index is 0.0353. The van der Waals surface area contributed by atoms with Gasteiger partial charge in [-0.2, -0.15) is 0 Å². The summed E-state index contributed by atoms with van der Waals surface area (Å²) in [6, 6.07) is 7.51. The fraction of sp³-hybridized carbons (Fsp3) is 0.364. The number of anilines is 1. The van der Waals surface area contributed by atoms with Crippen molar-refractivity contribution in [3.05, 3.63) is 53.5 Å². The second kappa shape index (κ2) is 7.66. The summed E-state index contributed by atoms with van der Waals surface area (Å²) in [6.07, 6.45) is 6.49. The van der Waals surface area contributed by atoms with E-state index in [1.54, 1.807) is 30.6 Å². The van der Waals surface area contributed by atoms with Crippen molar-refractivity contribution in [1.29, 1.82) is 0 Å². The molecule has 2 saturated heterocycles. The molecule has 0 aliphatic carbocycles. The van der Waals surface area contributed by atoms with Crippen LogP contribution >= 0.6 is 0 Å². The molecule has 0 radical (unpaired) electrons. The lowest BCUT2D eigenvalue weighted by Crippen LogP contribution is -2.49. The van der Waals surface area contributed by atoms with Crippen LogP contribution in [0.2, 0.25) is 0 Å². The maximum absolute atomic E-state index is 13.2. The number of aromatic amines is 1. The Morgan fingerprint density at radius 1 is 1.16 bits per heavy atom. The normalized spacial score (nSPS) is 22.6. The van der Waals surface area contributed by atoms with E-state index in [0.29, 0.717) is 28.0 Å². The van der Waals surface area contributed by atoms with Crippen LogP contribution in [0.3, 0.4) is 0 Å². The van der Waals surface area contributed by atoms with Gasteiger partial charge in [-0.3, -0.25) is 9.59 Å². The van der Waals surface area contributed by atoms with Gasteiger partial charge in [0, 0.05) is 29.9 Å². The fourth-order valence-corrected chi connectivity index (χ4v) is 4.96. The number of carbonyl (C=O) groups is 2. The largest absolute Gasteiger partial charge is 0.392 e. The van der Waals surface area contributed by atoms with Gasteiger partial charge >= 0.3 is 0 Å². The molecule has 2 fully saturated rings. The van der Waals surface area contributed by atoms with E-state index in [1.165, 1.54) is 6.20 Å². The summed E-state index contributed by atoms with van der Waals surface area (Å²) in [7, 11) is 0. The third kappa shape index (κ3) is 3.40. The molecule has 1 aromatic carbocycles. The highest BCUT2D eigenvalue weighted by molar-refractivity contribution is 6.04. The zero-order valence-corrected chi connectivity index (χ0v) is 16.9. The quantitative estimate of drug-likeness (QED) is 0.497. The van der Waals surface area contributed by atoms with Gasteiger partial charge < -0.3 is 26.0 Å². The standard InChI is InChI=1S/C22H24N6O3/c23-20(30)17-9-24-21-19(25-11-26-21)18(17)27-14-7-15-5-6-16(8-14)28(15)22(31)13-3-1-12(10-29)2-4-13/h1-4,9,11,14-16,29H,5-8,10H2,(H2,23,30)(H2,24,25,26,27)/t14?,15-,16+. The number of primary amides is 1. The number of hydrogen-bond donors (Lipinski definition) is 4. The van der Waals surface area contributed by atoms with Gasteiger partial charge in [-0.25, -0.2) is 9.97 Å². The number of H-pyrrole nitrogens is 1. The number of nitrogens with one attached hydrogen (secondary N) is 2. The number of piperidine rings is 1. The number of fused-ring (bicyclic) bond motifs is 3. The first kappa shape index (κ1) is 19.5. The van der Waals surface area contributed by atoms with Crippen molar-refractivity contribution in [3.63, 3.8) is 0 Å². The van der Waals surface area contributed by atoms with Gasteiger partial charge in [-0.05, 0) is 43.4 Å². The Hall–Kier alpha value is -3.46. The smallest absolute Gasteiger partial charge is 0.254 e. The summed E-state index contributed by atoms with van der Waals surface area (Å²) in [5.74, 6) is -0.512. The van der Waals surface area contributed by atoms with E-state index in [-0.39, 0.29) is 30.6 Å². The van der Waals surface area contributed by atoms with Gasteiger partial charge in [0.25, 0.3) is 11.8 Å². The van der Waals surface area contributed by atoms with Gasteiger partial charge in [0.1, 0.15) is 5.52 Å². The predicted octanol–water partition coefficient (Wildman–Crippen LogP) is 1.80. The Balaban J connectivity index is 1.36. The van der Waals surface area contributed by atoms with Crippen molar-refractivity contribution < 1.29 is 14.7 Å². The Kier molecular flexibility index (Phi) is 4.82. The van der Waals surface area contributed by atoms with Crippen molar-refractivity contribution in [2.75, 3.05) is 5.32 Å². The first-order chi connectivity index (χ1) is 15.0. The lowest BCUT2D eigenvalue weighted by atomic mass is 9.95. The molecule has 9 heteroatoms. The van der Waals surface area contributed by atoms with E-state index in [0.717, 1.165) is 31.2 Å². The van der Waals surface area contributed by atoms with Crippen LogP contribution in [0, 0.1) is 0 Å². The maximum atomic E-state index is 13.2. The predicted molar refractivity (Wildman–Crippen MR) is 114 cm³/mol. The van der Waals surface area contributed by atoms with Crippen LogP contribution in [0.25, 0.3) is 11.2 Å². The molecule has 0 spiro atoms. The molecular weight excluding hydrogens is 396 g/mol. The van der Waals surface area contributed by atoms with Crippen molar-refractivity contribution >= 4 is 28.7 Å². The van der Waals surface area contributed by atoms with Crippen LogP contribution in [0.5, 0.6) is 0 Å². The summed E-state index contributed by atoms with van der Waals surface area (Å²) in [5.41, 5.74) is 9.13. The highest BCUT2D eigenvalue weighted by Gasteiger charge is 2.43. The molecule has 2 aliphatic rings. The van der Waals surface area contributed by atoms with E-state index in [2.05, 4.69) is 20.3 Å². The number of carbonyl (C=O) groups excluding carboxylic acids is 2. The number of imidazole rings is 1. The molecule has 9 nitrogen and oxygen atoms in total. The molecule has 2 aromatic heterocycles. The van der Waals surface area contributed by atoms with E-state index in [9.17, 15) is 14.7 Å². The van der Waals surface area contributed by atoms with Crippen LogP contribution in [-0.4, -0.2) is 54.9 Å². The number of rotatable bonds is 5. The third-order valence-electron chi connectivity index (χ3n) is 6.42. The molecule has 4 heterocycles. The Morgan fingerprint density at radius 3 is 2.52 bits per heavy atom. The van der Waals surface area contributed by atoms with E-state index in [1.807, 2.05) is 4.90 Å². The molecule has 1 unspecified atom stereocenters. The summed E-state index contributed by atoms with van der Waals surface area (Å²) in [5, 5.41) is 12.7. The van der Waals surface area contributed by atoms with Crippen LogP contribution in [0.15, 0.2) is 36.8 Å². The zero-order chi connectivity index (χ0) is 21.5. The van der Waals surface area contributed by atoms with E-state index in [4.69, 9.17) is 5.73 Å². The van der Waals surface area contributed by atoms with Gasteiger partial charge in [0.2, 0.25) is 0 Å². The monoisotopic (exact) mass is 420 g/mol. The summed E-state index contributed by atoms with van der Waals surface area (Å²) >= 11 is 0. The molecular formula is C22H24N6O3. The number of benzene rings is 1. The van der Waals surface area contributed by atoms with Crippen LogP contribution in [0.4, 0.5) is 5.69 Å². The minimum atomic E-state index is -0.548. The molecule has 31 heavy (non-hydrogen) atoms. The Morgan fingerprint density at radius 2 is 1.87 bits per heavy atom. The number of pyridine rings is 1. The highest BCUT2D eigenvalue weighted by Crippen LogP contribution is 2.38. The summed E-state index contributed by atoms with van der Waals surface area (Å²) in [4.78, 5) is 38.5. The van der Waals surface area contributed by atoms with Crippen molar-refractivity contribution in [2.45, 2.75) is 50.4 Å². The molecule has 0 saturated carbocycles. The molecule has 2 aliphatic heterocycles. The lowest BCUT2D eigenvalue weighted by Gasteiger charge is -2.39. The molecule has 160 valence electrons. The Bertz CT molecular complexity index is 1130. The van der Waals surface area contributed by atoms with Crippen molar-refractivity contribution in [3.8, 4) is 0 Å². The average molecular weight is 420 g/mol. The van der Waals surface area contributed by atoms with Gasteiger partial charge in [-0.15, -0.1) is 0 Å². The molecule has 3 aromatic rings. The van der Waals surface area contributed by atoms with Gasteiger partial charge in [0.15, 0.2) is 5.65 Å². The second-order valence-corrected chi connectivity index (χ2v) is 8.28. The molecule has 5 rings (SSSR count). The minimum Gasteiger partial charge on any atom is -0.392 e. The van der Waals surface area contributed by atoms with Crippen molar-refractivity contribution in [1.82, 2.24) is 19.9 Å². The first-order valence-corrected chi connectivity index (χ1v) is 10.5. The summed E-state index contributed by atoms with van der Waals surface area (Å²) in [6.45, 7) is -0.0390. The highest BCUT2D eigenvalue weighted by atomic mass is 16.3. The fourth-order valence-electron chi connectivity index (χ4n) is 4.96. The average Bonchev–Trinajstić information content (AvgIpc) is 3.36. The number of amides is 2. The zero-order valence-electron chi connectivity index (χ0n) is 16.9. The number of aromatic nitrogens is 3. The summed E-state index contributed by atoms with van der Waals surface area (Å²) < 4.78 is 0. The molecule has 5 N–H and O–H groups in total. The topological polar surface area (TPSA) is 137 Å². The lowest BCUT2D eigenvalue weighted by molar-refractivity contribution is 0.0583. The molecule has 2 bridgehead atoms.